The lowest BCUT2D eigenvalue weighted by molar-refractivity contribution is -0.168. The van der Waals surface area contributed by atoms with Crippen LogP contribution in [0.15, 0.2) is 30.5 Å². The lowest BCUT2D eigenvalue weighted by atomic mass is 9.62. The second-order valence-corrected chi connectivity index (χ2v) is 7.74. The average molecular weight is 406 g/mol. The number of methoxy groups -OCH3 is 1. The predicted octanol–water partition coefficient (Wildman–Crippen LogP) is 2.14. The zero-order valence-electron chi connectivity index (χ0n) is 16.1. The third kappa shape index (κ3) is 3.66. The summed E-state index contributed by atoms with van der Waals surface area (Å²) >= 11 is 0. The first-order valence-electron chi connectivity index (χ1n) is 9.66. The number of nitrogens with two attached hydrogens (primary N) is 1. The predicted molar refractivity (Wildman–Crippen MR) is 108 cm³/mol. The largest absolute Gasteiger partial charge is 0.373 e. The molecule has 7 nitrogen and oxygen atoms in total. The molecule has 1 saturated heterocycles. The lowest BCUT2D eigenvalue weighted by Gasteiger charge is -2.55. The van der Waals surface area contributed by atoms with E-state index in [2.05, 4.69) is 26.4 Å². The Hall–Kier alpha value is -1.96. The number of halogens is 1. The molecule has 2 unspecified atom stereocenters. The van der Waals surface area contributed by atoms with Crippen LogP contribution in [0.25, 0.3) is 0 Å². The number of nitrogens with one attached hydrogen (secondary N) is 1. The van der Waals surface area contributed by atoms with E-state index in [1.54, 1.807) is 12.3 Å². The van der Waals surface area contributed by atoms with Crippen LogP contribution in [0.4, 0.5) is 0 Å². The number of primary amides is 1. The molecule has 28 heavy (non-hydrogen) atoms. The molecule has 2 aliphatic rings. The molecule has 1 aliphatic heterocycles. The molecule has 1 aliphatic carbocycles. The van der Waals surface area contributed by atoms with Gasteiger partial charge in [-0.15, -0.1) is 12.4 Å². The molecule has 1 aromatic heterocycles. The van der Waals surface area contributed by atoms with Crippen LogP contribution in [0.2, 0.25) is 0 Å². The molecule has 0 spiro atoms. The summed E-state index contributed by atoms with van der Waals surface area (Å²) in [5, 5.41) is 10.7. The van der Waals surface area contributed by atoms with E-state index in [0.717, 1.165) is 50.2 Å². The highest BCUT2D eigenvalue weighted by Gasteiger charge is 2.53. The molecule has 8 heteroatoms. The number of likely N-dealkylation sites (tertiary alicyclic amines) is 1. The van der Waals surface area contributed by atoms with Crippen molar-refractivity contribution in [2.24, 2.45) is 17.6 Å². The monoisotopic (exact) mass is 405 g/mol. The summed E-state index contributed by atoms with van der Waals surface area (Å²) in [6.45, 7) is 2.95. The minimum Gasteiger partial charge on any atom is -0.373 e. The molecule has 1 amide bonds. The van der Waals surface area contributed by atoms with E-state index in [4.69, 9.17) is 10.5 Å². The highest BCUT2D eigenvalue weighted by molar-refractivity contribution is 5.92. The zero-order valence-corrected chi connectivity index (χ0v) is 17.0. The van der Waals surface area contributed by atoms with E-state index in [1.807, 2.05) is 19.2 Å². The smallest absolute Gasteiger partial charge is 0.248 e. The first-order chi connectivity index (χ1) is 13.1. The second kappa shape index (κ2) is 8.59. The molecular weight excluding hydrogens is 378 g/mol. The molecule has 2 bridgehead atoms. The minimum absolute atomic E-state index is 0. The Labute approximate surface area is 171 Å². The fourth-order valence-corrected chi connectivity index (χ4v) is 5.16. The van der Waals surface area contributed by atoms with Gasteiger partial charge in [0.1, 0.15) is 5.60 Å². The standard InChI is InChI=1S/C20H27N5O2.ClH/c1-27-20(15-5-2-4-14(10-15)19(21)26)16-6-3-7-17(20)13-25(12-16)9-8-18-11-22-24-23-18;/h2,4-5,10-11,16-17H,3,6-9,12-13H2,1H3,(H2,21,26)(H,22,23,24);1H. The number of benzene rings is 1. The normalized spacial score (nSPS) is 27.2. The number of ether oxygens (including phenoxy) is 1. The Morgan fingerprint density at radius 3 is 2.71 bits per heavy atom. The second-order valence-electron chi connectivity index (χ2n) is 7.74. The fraction of sp³-hybridized carbons (Fsp3) is 0.550. The quantitative estimate of drug-likeness (QED) is 0.767. The van der Waals surface area contributed by atoms with Crippen molar-refractivity contribution in [3.05, 3.63) is 47.3 Å². The van der Waals surface area contributed by atoms with Crippen LogP contribution in [-0.2, 0) is 16.8 Å². The molecule has 2 heterocycles. The van der Waals surface area contributed by atoms with Gasteiger partial charge in [-0.1, -0.05) is 18.6 Å². The number of piperidine rings is 1. The molecular formula is C20H28ClN5O2. The van der Waals surface area contributed by atoms with Crippen molar-refractivity contribution in [3.63, 3.8) is 0 Å². The van der Waals surface area contributed by atoms with Crippen molar-refractivity contribution < 1.29 is 9.53 Å². The Balaban J connectivity index is 0.00000225. The molecule has 2 aromatic rings. The Morgan fingerprint density at radius 2 is 2.11 bits per heavy atom. The highest BCUT2D eigenvalue weighted by Crippen LogP contribution is 2.51. The number of hydrogen-bond donors (Lipinski definition) is 2. The van der Waals surface area contributed by atoms with Crippen LogP contribution in [0.3, 0.4) is 0 Å². The van der Waals surface area contributed by atoms with E-state index >= 15 is 0 Å². The van der Waals surface area contributed by atoms with Crippen molar-refractivity contribution in [2.75, 3.05) is 26.7 Å². The number of aromatic nitrogens is 3. The van der Waals surface area contributed by atoms with Crippen LogP contribution in [0, 0.1) is 11.8 Å². The average Bonchev–Trinajstić information content (AvgIpc) is 3.19. The maximum Gasteiger partial charge on any atom is 0.248 e. The van der Waals surface area contributed by atoms with Crippen molar-refractivity contribution in [1.29, 1.82) is 0 Å². The van der Waals surface area contributed by atoms with E-state index < -0.39 is 5.91 Å². The number of H-pyrrole nitrogens is 1. The SMILES string of the molecule is COC1(c2cccc(C(N)=O)c2)C2CCCC1CN(CCc1cn[nH]n1)C2.Cl. The third-order valence-electron chi connectivity index (χ3n) is 6.36. The van der Waals surface area contributed by atoms with Crippen LogP contribution in [0.1, 0.15) is 40.9 Å². The number of aromatic amines is 1. The molecule has 2 atom stereocenters. The van der Waals surface area contributed by atoms with Crippen molar-refractivity contribution in [1.82, 2.24) is 20.3 Å². The summed E-state index contributed by atoms with van der Waals surface area (Å²) in [4.78, 5) is 14.2. The summed E-state index contributed by atoms with van der Waals surface area (Å²) in [5.41, 5.74) is 7.82. The fourth-order valence-electron chi connectivity index (χ4n) is 5.16. The lowest BCUT2D eigenvalue weighted by Crippen LogP contribution is -2.59. The molecule has 1 aromatic carbocycles. The van der Waals surface area contributed by atoms with Crippen molar-refractivity contribution in [3.8, 4) is 0 Å². The maximum atomic E-state index is 11.7. The van der Waals surface area contributed by atoms with Gasteiger partial charge in [0, 0.05) is 50.6 Å². The van der Waals surface area contributed by atoms with Gasteiger partial charge in [0.15, 0.2) is 0 Å². The molecule has 0 radical (unpaired) electrons. The van der Waals surface area contributed by atoms with Gasteiger partial charge < -0.3 is 15.4 Å². The topological polar surface area (TPSA) is 97.1 Å². The van der Waals surface area contributed by atoms with Gasteiger partial charge in [0.2, 0.25) is 5.91 Å². The number of fused-ring (bicyclic) bond motifs is 2. The number of carbonyl (C=O) groups excluding carboxylic acids is 1. The number of amides is 1. The summed E-state index contributed by atoms with van der Waals surface area (Å²) in [7, 11) is 1.81. The maximum absolute atomic E-state index is 11.7. The third-order valence-corrected chi connectivity index (χ3v) is 6.36. The molecule has 3 N–H and O–H groups in total. The van der Waals surface area contributed by atoms with Gasteiger partial charge in [-0.2, -0.15) is 15.4 Å². The number of rotatable bonds is 6. The molecule has 4 rings (SSSR count). The first-order valence-corrected chi connectivity index (χ1v) is 9.66. The summed E-state index contributed by atoms with van der Waals surface area (Å²) in [6, 6.07) is 7.72. The molecule has 2 fully saturated rings. The Bertz CT molecular complexity index is 784. The zero-order chi connectivity index (χ0) is 18.9. The van der Waals surface area contributed by atoms with Gasteiger partial charge in [0.05, 0.1) is 11.9 Å². The number of hydrogen-bond acceptors (Lipinski definition) is 5. The number of nitrogens with zero attached hydrogens (tertiary/aromatic N) is 3. The summed E-state index contributed by atoms with van der Waals surface area (Å²) in [6.07, 6.45) is 6.18. The van der Waals surface area contributed by atoms with Crippen LogP contribution >= 0.6 is 12.4 Å². The first kappa shape index (κ1) is 20.8. The van der Waals surface area contributed by atoms with Gasteiger partial charge in [-0.25, -0.2) is 0 Å². The van der Waals surface area contributed by atoms with E-state index in [-0.39, 0.29) is 18.0 Å². The Kier molecular flexibility index (Phi) is 6.37. The summed E-state index contributed by atoms with van der Waals surface area (Å²) < 4.78 is 6.26. The van der Waals surface area contributed by atoms with Crippen LogP contribution < -0.4 is 5.73 Å². The Morgan fingerprint density at radius 1 is 1.36 bits per heavy atom. The van der Waals surface area contributed by atoms with Crippen LogP contribution in [0.5, 0.6) is 0 Å². The van der Waals surface area contributed by atoms with Gasteiger partial charge >= 0.3 is 0 Å². The van der Waals surface area contributed by atoms with Crippen LogP contribution in [-0.4, -0.2) is 53.0 Å². The van der Waals surface area contributed by atoms with Gasteiger partial charge in [-0.3, -0.25) is 4.79 Å². The van der Waals surface area contributed by atoms with E-state index in [1.165, 1.54) is 6.42 Å². The van der Waals surface area contributed by atoms with E-state index in [0.29, 0.717) is 17.4 Å². The van der Waals surface area contributed by atoms with Gasteiger partial charge in [0.25, 0.3) is 0 Å². The summed E-state index contributed by atoms with van der Waals surface area (Å²) in [5.74, 6) is 0.407. The molecule has 1 saturated carbocycles. The van der Waals surface area contributed by atoms with Crippen molar-refractivity contribution in [2.45, 2.75) is 31.3 Å². The number of carbonyl (C=O) groups is 1. The minimum atomic E-state index is -0.390. The van der Waals surface area contributed by atoms with Gasteiger partial charge in [-0.05, 0) is 30.5 Å². The van der Waals surface area contributed by atoms with Crippen molar-refractivity contribution >= 4 is 18.3 Å². The van der Waals surface area contributed by atoms with E-state index in [9.17, 15) is 4.79 Å². The highest BCUT2D eigenvalue weighted by atomic mass is 35.5. The molecule has 152 valence electrons.